The van der Waals surface area contributed by atoms with Gasteiger partial charge >= 0.3 is 178 Å². The van der Waals surface area contributed by atoms with Gasteiger partial charge in [0.2, 0.25) is 0 Å². The molecule has 0 saturated heterocycles. The number of esters is 1. The van der Waals surface area contributed by atoms with Crippen molar-refractivity contribution >= 4 is 74.9 Å². The molecule has 4 fully saturated rings. The zero-order valence-electron chi connectivity index (χ0n) is 27.6. The van der Waals surface area contributed by atoms with E-state index in [1.165, 1.54) is 32.3 Å². The summed E-state index contributed by atoms with van der Waals surface area (Å²) in [5.74, 6) is -0.245. The molecule has 1 heterocycles. The number of halogens is 3. The quantitative estimate of drug-likeness (QED) is 0.0735. The summed E-state index contributed by atoms with van der Waals surface area (Å²) in [5.41, 5.74) is -1.78. The second-order valence-corrected chi connectivity index (χ2v) is 20.8. The summed E-state index contributed by atoms with van der Waals surface area (Å²) in [7, 11) is -6.11. The van der Waals surface area contributed by atoms with E-state index >= 15 is 0 Å². The van der Waals surface area contributed by atoms with Gasteiger partial charge in [-0.1, -0.05) is 0 Å². The van der Waals surface area contributed by atoms with E-state index < -0.39 is 51.6 Å². The number of fused-ring (bicyclic) bond motifs is 3. The maximum absolute atomic E-state index is 13.4. The van der Waals surface area contributed by atoms with Crippen LogP contribution in [0.1, 0.15) is 44.9 Å². The number of ether oxygens (including phenoxy) is 1. The van der Waals surface area contributed by atoms with Gasteiger partial charge in [0.05, 0.1) is 17.6 Å². The van der Waals surface area contributed by atoms with Gasteiger partial charge in [0.1, 0.15) is 0 Å². The molecule has 4 bridgehead atoms. The van der Waals surface area contributed by atoms with Gasteiger partial charge in [-0.2, -0.15) is 8.78 Å². The Balaban J connectivity index is 0.000000159. The molecule has 4 aromatic carbocycles. The van der Waals surface area contributed by atoms with Gasteiger partial charge in [0.15, 0.2) is 16.3 Å². The number of carbonyl (C=O) groups is 1. The summed E-state index contributed by atoms with van der Waals surface area (Å²) in [6.45, 7) is -0.749. The van der Waals surface area contributed by atoms with Crippen LogP contribution in [0.3, 0.4) is 0 Å². The van der Waals surface area contributed by atoms with Crippen LogP contribution in [0, 0.1) is 17.3 Å². The number of alkyl halides is 3. The summed E-state index contributed by atoms with van der Waals surface area (Å²) in [6.07, 6.45) is -0.773. The Kier molecular flexibility index (Phi) is 10.1. The van der Waals surface area contributed by atoms with Crippen LogP contribution >= 0.6 is 10.5 Å². The predicted molar refractivity (Wildman–Crippen MR) is 194 cm³/mol. The first kappa shape index (κ1) is 36.4. The zero-order valence-corrected chi connectivity index (χ0v) is 31.5. The summed E-state index contributed by atoms with van der Waals surface area (Å²) in [6, 6.07) is 38.0. The average Bonchev–Trinajstić information content (AvgIpc) is 3.41. The molecule has 5 aromatic rings. The monoisotopic (exact) mass is 852 g/mol. The van der Waals surface area contributed by atoms with E-state index in [-0.39, 0.29) is 49.6 Å². The van der Waals surface area contributed by atoms with Crippen LogP contribution < -0.4 is 7.22 Å². The summed E-state index contributed by atoms with van der Waals surface area (Å²) < 4.78 is 81.5. The Labute approximate surface area is 307 Å². The molecule has 0 aliphatic heterocycles. The summed E-state index contributed by atoms with van der Waals surface area (Å²) in [4.78, 5) is 13.9. The molecule has 4 aliphatic rings. The fraction of sp³-hybridized carbons (Fsp3) is 0.359. The number of hydrogen-bond acceptors (Lipinski definition) is 6. The zero-order chi connectivity index (χ0) is 36.0. The molecule has 6 nitrogen and oxygen atoms in total. The Morgan fingerprint density at radius 1 is 0.882 bits per heavy atom. The van der Waals surface area contributed by atoms with Gasteiger partial charge < -0.3 is 14.4 Å². The molecule has 0 spiro atoms. The number of thiophene rings is 1. The van der Waals surface area contributed by atoms with E-state index in [4.69, 9.17) is 4.74 Å². The SMILES string of the molecule is O=C(OCCC(F)C(F)(F)S(=O)(=O)[O-])C12CC3CC(CC(O)(C3)C1)C2.c1ccc([Te]c2ccc3c(c2)c2ccccc2[s+]3-c2ccccc2)cc1. The minimum atomic E-state index is -6.13. The van der Waals surface area contributed by atoms with Crippen molar-refractivity contribution in [3.63, 3.8) is 0 Å². The van der Waals surface area contributed by atoms with Gasteiger partial charge in [-0.3, -0.25) is 4.79 Å². The van der Waals surface area contributed by atoms with E-state index in [1.807, 2.05) is 0 Å². The molecule has 1 aromatic heterocycles. The third-order valence-electron chi connectivity index (χ3n) is 10.3. The molecule has 1 N–H and O–H groups in total. The van der Waals surface area contributed by atoms with Crippen LogP contribution in [-0.2, 0) is 19.6 Å². The van der Waals surface area contributed by atoms with Gasteiger partial charge in [-0.25, -0.2) is 12.8 Å². The van der Waals surface area contributed by atoms with Crippen LogP contribution in [0.25, 0.3) is 25.1 Å². The molecule has 9 rings (SSSR count). The van der Waals surface area contributed by atoms with Crippen molar-refractivity contribution in [2.24, 2.45) is 17.3 Å². The van der Waals surface area contributed by atoms with Crippen molar-refractivity contribution in [1.29, 1.82) is 0 Å². The summed E-state index contributed by atoms with van der Waals surface area (Å²) in [5, 5.41) is 8.35. The molecule has 0 amide bonds. The second-order valence-electron chi connectivity index (χ2n) is 14.1. The molecule has 51 heavy (non-hydrogen) atoms. The van der Waals surface area contributed by atoms with Gasteiger partial charge in [-0.05, 0) is 50.4 Å². The van der Waals surface area contributed by atoms with E-state index in [0.717, 1.165) is 6.42 Å². The Bertz CT molecular complexity index is 2150. The first-order valence-electron chi connectivity index (χ1n) is 16.9. The van der Waals surface area contributed by atoms with Crippen LogP contribution in [0.4, 0.5) is 13.2 Å². The third kappa shape index (κ3) is 7.33. The van der Waals surface area contributed by atoms with Gasteiger partial charge in [0, 0.05) is 6.42 Å². The molecule has 268 valence electrons. The number of rotatable bonds is 9. The first-order chi connectivity index (χ1) is 24.3. The van der Waals surface area contributed by atoms with Crippen molar-refractivity contribution in [2.45, 2.75) is 62.0 Å². The van der Waals surface area contributed by atoms with E-state index in [2.05, 4.69) is 103 Å². The molecule has 4 unspecified atom stereocenters. The number of hydrogen-bond donors (Lipinski definition) is 1. The Morgan fingerprint density at radius 2 is 1.49 bits per heavy atom. The van der Waals surface area contributed by atoms with Crippen molar-refractivity contribution < 1.29 is 40.8 Å². The van der Waals surface area contributed by atoms with Gasteiger partial charge in [0.25, 0.3) is 0 Å². The molecule has 4 aliphatic carbocycles. The standard InChI is InChI=1S/C24H17STe.C15H21F3O6S/c1-3-9-18(10-4-1)25-23-14-8-7-13-21(23)22-17-20(15-16-24(22)25)26-19-11-5-2-6-12-19;16-11(15(17,18)25(21,22)23)1-2-24-12(19)13-4-9-3-10(5-13)7-14(20,6-9)8-13/h1-17H;9-11,20H,1-8H2,(H,21,22,23)/q+1;/p-1. The predicted octanol–water partition coefficient (Wildman–Crippen LogP) is 7.11. The maximum atomic E-state index is 13.4. The molecule has 4 atom stereocenters. The van der Waals surface area contributed by atoms with E-state index in [0.29, 0.717) is 25.7 Å². The fourth-order valence-electron chi connectivity index (χ4n) is 8.57. The Hall–Kier alpha value is -2.98. The van der Waals surface area contributed by atoms with E-state index in [9.17, 15) is 36.0 Å². The molecule has 0 radical (unpaired) electrons. The van der Waals surface area contributed by atoms with Crippen LogP contribution in [0.2, 0.25) is 0 Å². The number of carbonyl (C=O) groups excluding carboxylic acids is 1. The molecule has 4 saturated carbocycles. The average molecular weight is 850 g/mol. The van der Waals surface area contributed by atoms with Crippen molar-refractivity contribution in [1.82, 2.24) is 0 Å². The Morgan fingerprint density at radius 3 is 2.14 bits per heavy atom. The molecular formula is C39H37F3O6S2Te. The topological polar surface area (TPSA) is 104 Å². The van der Waals surface area contributed by atoms with Crippen molar-refractivity contribution in [2.75, 3.05) is 6.61 Å². The van der Waals surface area contributed by atoms with Crippen molar-refractivity contribution in [3.05, 3.63) is 103 Å². The number of benzene rings is 4. The first-order valence-corrected chi connectivity index (χ1v) is 21.9. The minimum absolute atomic E-state index is 0.0191. The second kappa shape index (κ2) is 14.1. The fourth-order valence-corrected chi connectivity index (χ4v) is 13.9. The van der Waals surface area contributed by atoms with E-state index in [1.54, 1.807) is 0 Å². The molecular weight excluding hydrogens is 813 g/mol. The third-order valence-corrected chi connectivity index (χ3v) is 16.4. The van der Waals surface area contributed by atoms with Crippen LogP contribution in [-0.4, -0.2) is 68.6 Å². The van der Waals surface area contributed by atoms with Crippen LogP contribution in [0.5, 0.6) is 0 Å². The van der Waals surface area contributed by atoms with Crippen molar-refractivity contribution in [3.8, 4) is 4.90 Å². The summed E-state index contributed by atoms with van der Waals surface area (Å²) >= 11 is -0.340. The number of aliphatic hydroxyl groups is 1. The van der Waals surface area contributed by atoms with Gasteiger partial charge in [-0.15, -0.1) is 0 Å². The normalized spacial score (nSPS) is 25.0. The molecule has 12 heteroatoms. The van der Waals surface area contributed by atoms with Crippen LogP contribution in [0.15, 0.2) is 103 Å².